The maximum absolute atomic E-state index is 5.87. The molecule has 2 aliphatic rings. The van der Waals surface area contributed by atoms with Crippen molar-refractivity contribution >= 4 is 0 Å². The lowest BCUT2D eigenvalue weighted by Gasteiger charge is -2.25. The summed E-state index contributed by atoms with van der Waals surface area (Å²) < 4.78 is 7.83. The van der Waals surface area contributed by atoms with Crippen LogP contribution in [0.3, 0.4) is 0 Å². The van der Waals surface area contributed by atoms with Crippen molar-refractivity contribution in [1.82, 2.24) is 20.0 Å². The summed E-state index contributed by atoms with van der Waals surface area (Å²) in [6.07, 6.45) is 4.17. The van der Waals surface area contributed by atoms with Gasteiger partial charge in [-0.2, -0.15) is 5.10 Å². The number of benzene rings is 1. The number of hydrogen-bond acceptors (Lipinski definition) is 4. The number of fused-ring (bicyclic) bond motifs is 1. The molecule has 22 heavy (non-hydrogen) atoms. The third-order valence-electron chi connectivity index (χ3n) is 4.56. The lowest BCUT2D eigenvalue weighted by molar-refractivity contribution is 0.0175. The molecule has 1 aromatic carbocycles. The molecule has 3 heterocycles. The number of nitrogens with zero attached hydrogens (tertiary/aromatic N) is 3. The molecular weight excluding hydrogens is 276 g/mol. The van der Waals surface area contributed by atoms with Crippen LogP contribution < -0.4 is 5.32 Å². The van der Waals surface area contributed by atoms with Gasteiger partial charge in [0, 0.05) is 44.6 Å². The predicted molar refractivity (Wildman–Crippen MR) is 85.1 cm³/mol. The van der Waals surface area contributed by atoms with E-state index in [1.54, 1.807) is 0 Å². The number of nitrogens with one attached hydrogen (secondary N) is 1. The number of aromatic nitrogens is 2. The average molecular weight is 298 g/mol. The minimum absolute atomic E-state index is 0.340. The highest BCUT2D eigenvalue weighted by molar-refractivity contribution is 5.42. The number of morpholine rings is 1. The lowest BCUT2D eigenvalue weighted by Crippen LogP contribution is -2.47. The molecule has 1 aromatic heterocycles. The van der Waals surface area contributed by atoms with Crippen LogP contribution in [0.25, 0.3) is 5.69 Å². The Kier molecular flexibility index (Phi) is 3.70. The summed E-state index contributed by atoms with van der Waals surface area (Å²) in [6.45, 7) is 6.94. The first-order chi connectivity index (χ1) is 10.8. The molecule has 0 aliphatic carbocycles. The molecule has 0 amide bonds. The second-order valence-electron chi connectivity index (χ2n) is 6.25. The molecule has 2 saturated heterocycles. The van der Waals surface area contributed by atoms with Crippen molar-refractivity contribution in [2.24, 2.45) is 0 Å². The van der Waals surface area contributed by atoms with Gasteiger partial charge in [-0.05, 0) is 24.6 Å². The van der Waals surface area contributed by atoms with E-state index in [0.29, 0.717) is 12.1 Å². The molecule has 4 rings (SSSR count). The van der Waals surface area contributed by atoms with Gasteiger partial charge < -0.3 is 10.1 Å². The molecule has 2 aromatic rings. The van der Waals surface area contributed by atoms with Crippen molar-refractivity contribution < 1.29 is 4.74 Å². The van der Waals surface area contributed by atoms with Crippen LogP contribution >= 0.6 is 0 Å². The highest BCUT2D eigenvalue weighted by atomic mass is 16.5. The third-order valence-corrected chi connectivity index (χ3v) is 4.56. The smallest absolute Gasteiger partial charge is 0.0867 e. The maximum Gasteiger partial charge on any atom is 0.0867 e. The van der Waals surface area contributed by atoms with Crippen LogP contribution in [0.15, 0.2) is 36.7 Å². The zero-order valence-electron chi connectivity index (χ0n) is 12.9. The van der Waals surface area contributed by atoms with E-state index in [9.17, 15) is 0 Å². The lowest BCUT2D eigenvalue weighted by atomic mass is 10.1. The Balaban J connectivity index is 1.56. The van der Waals surface area contributed by atoms with E-state index in [1.165, 1.54) is 16.8 Å². The van der Waals surface area contributed by atoms with Crippen molar-refractivity contribution in [2.45, 2.75) is 25.6 Å². The van der Waals surface area contributed by atoms with Gasteiger partial charge in [0.05, 0.1) is 18.4 Å². The summed E-state index contributed by atoms with van der Waals surface area (Å²) in [5.74, 6) is 0. The van der Waals surface area contributed by atoms with Crippen LogP contribution in [0.4, 0.5) is 0 Å². The zero-order chi connectivity index (χ0) is 14.9. The summed E-state index contributed by atoms with van der Waals surface area (Å²) in [4.78, 5) is 2.48. The SMILES string of the molecule is Cc1ccc(-n2cccn2)c(CN2C[C@@H]3NCCO[C@H]3C2)c1. The monoisotopic (exact) mass is 298 g/mol. The molecule has 0 saturated carbocycles. The summed E-state index contributed by atoms with van der Waals surface area (Å²) in [5, 5.41) is 7.95. The Bertz CT molecular complexity index is 626. The quantitative estimate of drug-likeness (QED) is 0.929. The van der Waals surface area contributed by atoms with Gasteiger partial charge in [0.25, 0.3) is 0 Å². The summed E-state index contributed by atoms with van der Waals surface area (Å²) >= 11 is 0. The highest BCUT2D eigenvalue weighted by Crippen LogP contribution is 2.22. The maximum atomic E-state index is 5.87. The van der Waals surface area contributed by atoms with Crippen LogP contribution in [-0.2, 0) is 11.3 Å². The standard InChI is InChI=1S/C17H22N4O/c1-13-3-4-16(21-7-2-5-19-21)14(9-13)10-20-11-15-17(12-20)22-8-6-18-15/h2-5,7,9,15,17-18H,6,8,10-12H2,1H3/t15-,17-/m0/s1. The fraction of sp³-hybridized carbons (Fsp3) is 0.471. The molecule has 1 N–H and O–H groups in total. The Labute approximate surface area is 130 Å². The number of ether oxygens (including phenoxy) is 1. The van der Waals surface area contributed by atoms with E-state index in [-0.39, 0.29) is 0 Å². The fourth-order valence-corrected chi connectivity index (χ4v) is 3.52. The summed E-state index contributed by atoms with van der Waals surface area (Å²) in [6, 6.07) is 9.02. The Morgan fingerprint density at radius 3 is 3.14 bits per heavy atom. The van der Waals surface area contributed by atoms with Crippen molar-refractivity contribution in [3.8, 4) is 5.69 Å². The van der Waals surface area contributed by atoms with Gasteiger partial charge in [-0.15, -0.1) is 0 Å². The largest absolute Gasteiger partial charge is 0.374 e. The number of hydrogen-bond donors (Lipinski definition) is 1. The van der Waals surface area contributed by atoms with E-state index in [1.807, 2.05) is 23.1 Å². The second kappa shape index (κ2) is 5.83. The Morgan fingerprint density at radius 1 is 1.36 bits per heavy atom. The van der Waals surface area contributed by atoms with E-state index in [0.717, 1.165) is 32.8 Å². The summed E-state index contributed by atoms with van der Waals surface area (Å²) in [5.41, 5.74) is 3.78. The van der Waals surface area contributed by atoms with Crippen LogP contribution in [-0.4, -0.2) is 53.1 Å². The molecule has 2 atom stereocenters. The highest BCUT2D eigenvalue weighted by Gasteiger charge is 2.35. The van der Waals surface area contributed by atoms with Gasteiger partial charge in [0.2, 0.25) is 0 Å². The first kappa shape index (κ1) is 13.9. The van der Waals surface area contributed by atoms with Gasteiger partial charge in [0.1, 0.15) is 0 Å². The van der Waals surface area contributed by atoms with E-state index < -0.39 is 0 Å². The molecule has 0 spiro atoms. The van der Waals surface area contributed by atoms with E-state index >= 15 is 0 Å². The zero-order valence-corrected chi connectivity index (χ0v) is 12.9. The molecule has 2 fully saturated rings. The normalized spacial score (nSPS) is 25.3. The fourth-order valence-electron chi connectivity index (χ4n) is 3.52. The van der Waals surface area contributed by atoms with Crippen molar-refractivity contribution in [2.75, 3.05) is 26.2 Å². The molecule has 0 bridgehead atoms. The Morgan fingerprint density at radius 2 is 2.32 bits per heavy atom. The topological polar surface area (TPSA) is 42.3 Å². The van der Waals surface area contributed by atoms with Crippen LogP contribution in [0.5, 0.6) is 0 Å². The van der Waals surface area contributed by atoms with E-state index in [2.05, 4.69) is 40.4 Å². The first-order valence-corrected chi connectivity index (χ1v) is 7.96. The van der Waals surface area contributed by atoms with Crippen LogP contribution in [0.2, 0.25) is 0 Å². The third kappa shape index (κ3) is 2.67. The molecule has 5 heteroatoms. The molecule has 116 valence electrons. The molecule has 2 aliphatic heterocycles. The molecule has 5 nitrogen and oxygen atoms in total. The molecular formula is C17H22N4O. The van der Waals surface area contributed by atoms with Gasteiger partial charge in [-0.25, -0.2) is 4.68 Å². The van der Waals surface area contributed by atoms with Gasteiger partial charge >= 0.3 is 0 Å². The average Bonchev–Trinajstić information content (AvgIpc) is 3.15. The van der Waals surface area contributed by atoms with Gasteiger partial charge in [-0.1, -0.05) is 17.7 Å². The molecule has 0 unspecified atom stereocenters. The van der Waals surface area contributed by atoms with Crippen LogP contribution in [0.1, 0.15) is 11.1 Å². The number of aryl methyl sites for hydroxylation is 1. The number of likely N-dealkylation sites (tertiary alicyclic amines) is 1. The van der Waals surface area contributed by atoms with E-state index in [4.69, 9.17) is 4.74 Å². The second-order valence-corrected chi connectivity index (χ2v) is 6.25. The van der Waals surface area contributed by atoms with Crippen molar-refractivity contribution in [3.63, 3.8) is 0 Å². The van der Waals surface area contributed by atoms with Gasteiger partial charge in [0.15, 0.2) is 0 Å². The minimum Gasteiger partial charge on any atom is -0.374 e. The Hall–Kier alpha value is -1.69. The van der Waals surface area contributed by atoms with Gasteiger partial charge in [-0.3, -0.25) is 4.90 Å². The minimum atomic E-state index is 0.340. The van der Waals surface area contributed by atoms with Crippen LogP contribution in [0, 0.1) is 6.92 Å². The van der Waals surface area contributed by atoms with Crippen molar-refractivity contribution in [1.29, 1.82) is 0 Å². The first-order valence-electron chi connectivity index (χ1n) is 7.96. The number of rotatable bonds is 3. The summed E-state index contributed by atoms with van der Waals surface area (Å²) in [7, 11) is 0. The molecule has 0 radical (unpaired) electrons. The van der Waals surface area contributed by atoms with Crippen molar-refractivity contribution in [3.05, 3.63) is 47.8 Å². The predicted octanol–water partition coefficient (Wildman–Crippen LogP) is 1.35.